The molecule has 0 saturated heterocycles. The molecule has 0 aliphatic rings. The predicted octanol–water partition coefficient (Wildman–Crippen LogP) is 2.34. The molecule has 0 unspecified atom stereocenters. The number of benzene rings is 1. The van der Waals surface area contributed by atoms with Gasteiger partial charge in [0.25, 0.3) is 5.91 Å². The van der Waals surface area contributed by atoms with E-state index in [1.807, 2.05) is 25.1 Å². The molecule has 0 heterocycles. The number of amides is 1. The highest BCUT2D eigenvalue weighted by molar-refractivity contribution is 5.97. The molecule has 0 atom stereocenters. The van der Waals surface area contributed by atoms with Crippen LogP contribution >= 0.6 is 0 Å². The van der Waals surface area contributed by atoms with Crippen molar-refractivity contribution in [3.63, 3.8) is 0 Å². The summed E-state index contributed by atoms with van der Waals surface area (Å²) in [6, 6.07) is 5.69. The van der Waals surface area contributed by atoms with Gasteiger partial charge < -0.3 is 4.90 Å². The minimum atomic E-state index is 0.0172. The van der Waals surface area contributed by atoms with Crippen LogP contribution in [-0.2, 0) is 0 Å². The quantitative estimate of drug-likeness (QED) is 0.699. The lowest BCUT2D eigenvalue weighted by molar-refractivity contribution is 0.0827. The molecular weight excluding hydrogens is 174 g/mol. The standard InChI is InChI=1S/C12H15NO/c1-5-10-9(2)7-6-8-11(10)12(14)13(3)4/h5-8H,1H2,2-4H3. The summed E-state index contributed by atoms with van der Waals surface area (Å²) in [4.78, 5) is 13.3. The van der Waals surface area contributed by atoms with Crippen LogP contribution in [0.25, 0.3) is 6.08 Å². The third-order valence-corrected chi connectivity index (χ3v) is 2.16. The van der Waals surface area contributed by atoms with Crippen LogP contribution in [-0.4, -0.2) is 24.9 Å². The van der Waals surface area contributed by atoms with Gasteiger partial charge in [0.15, 0.2) is 0 Å². The minimum absolute atomic E-state index is 0.0172. The normalized spacial score (nSPS) is 9.64. The first-order valence-electron chi connectivity index (χ1n) is 4.51. The van der Waals surface area contributed by atoms with E-state index in [9.17, 15) is 4.79 Å². The molecule has 2 nitrogen and oxygen atoms in total. The zero-order valence-corrected chi connectivity index (χ0v) is 8.87. The van der Waals surface area contributed by atoms with Gasteiger partial charge in [0.2, 0.25) is 0 Å². The van der Waals surface area contributed by atoms with E-state index >= 15 is 0 Å². The monoisotopic (exact) mass is 189 g/mol. The second-order valence-corrected chi connectivity index (χ2v) is 3.44. The Morgan fingerprint density at radius 3 is 2.57 bits per heavy atom. The molecule has 0 aliphatic carbocycles. The van der Waals surface area contributed by atoms with Crippen molar-refractivity contribution in [3.05, 3.63) is 41.5 Å². The molecule has 14 heavy (non-hydrogen) atoms. The van der Waals surface area contributed by atoms with Crippen molar-refractivity contribution in [2.45, 2.75) is 6.92 Å². The van der Waals surface area contributed by atoms with Gasteiger partial charge in [0.05, 0.1) is 0 Å². The van der Waals surface area contributed by atoms with Gasteiger partial charge in [0, 0.05) is 19.7 Å². The summed E-state index contributed by atoms with van der Waals surface area (Å²) in [6.45, 7) is 5.70. The lowest BCUT2D eigenvalue weighted by Gasteiger charge is -2.13. The van der Waals surface area contributed by atoms with Crippen LogP contribution in [0.4, 0.5) is 0 Å². The molecule has 1 aromatic carbocycles. The molecule has 0 aliphatic heterocycles. The zero-order valence-electron chi connectivity index (χ0n) is 8.87. The highest BCUT2D eigenvalue weighted by Gasteiger charge is 2.12. The van der Waals surface area contributed by atoms with Crippen molar-refractivity contribution < 1.29 is 4.79 Å². The van der Waals surface area contributed by atoms with Crippen LogP contribution in [0, 0.1) is 6.92 Å². The molecule has 1 rings (SSSR count). The number of hydrogen-bond donors (Lipinski definition) is 0. The summed E-state index contributed by atoms with van der Waals surface area (Å²) >= 11 is 0. The summed E-state index contributed by atoms with van der Waals surface area (Å²) in [5, 5.41) is 0. The average molecular weight is 189 g/mol. The van der Waals surface area contributed by atoms with Gasteiger partial charge in [0.1, 0.15) is 0 Å². The maximum absolute atomic E-state index is 11.8. The van der Waals surface area contributed by atoms with Crippen molar-refractivity contribution in [2.75, 3.05) is 14.1 Å². The highest BCUT2D eigenvalue weighted by Crippen LogP contribution is 2.16. The van der Waals surface area contributed by atoms with Gasteiger partial charge in [-0.15, -0.1) is 0 Å². The minimum Gasteiger partial charge on any atom is -0.345 e. The van der Waals surface area contributed by atoms with Crippen LogP contribution in [0.15, 0.2) is 24.8 Å². The van der Waals surface area contributed by atoms with Crippen LogP contribution < -0.4 is 0 Å². The number of aryl methyl sites for hydroxylation is 1. The Balaban J connectivity index is 3.27. The van der Waals surface area contributed by atoms with Gasteiger partial charge in [-0.2, -0.15) is 0 Å². The summed E-state index contributed by atoms with van der Waals surface area (Å²) in [7, 11) is 3.50. The van der Waals surface area contributed by atoms with E-state index < -0.39 is 0 Å². The number of nitrogens with zero attached hydrogens (tertiary/aromatic N) is 1. The third-order valence-electron chi connectivity index (χ3n) is 2.16. The van der Waals surface area contributed by atoms with E-state index in [1.54, 1.807) is 25.1 Å². The van der Waals surface area contributed by atoms with Crippen LogP contribution in [0.1, 0.15) is 21.5 Å². The highest BCUT2D eigenvalue weighted by atomic mass is 16.2. The predicted molar refractivity (Wildman–Crippen MR) is 59.3 cm³/mol. The summed E-state index contributed by atoms with van der Waals surface area (Å²) in [5.74, 6) is 0.0172. The number of rotatable bonds is 2. The number of carbonyl (C=O) groups is 1. The lowest BCUT2D eigenvalue weighted by atomic mass is 10.0. The second kappa shape index (κ2) is 4.09. The van der Waals surface area contributed by atoms with E-state index in [-0.39, 0.29) is 5.91 Å². The van der Waals surface area contributed by atoms with Gasteiger partial charge in [-0.05, 0) is 24.1 Å². The van der Waals surface area contributed by atoms with Crippen molar-refractivity contribution in [1.82, 2.24) is 4.90 Å². The molecule has 1 amide bonds. The van der Waals surface area contributed by atoms with Gasteiger partial charge in [-0.3, -0.25) is 4.79 Å². The van der Waals surface area contributed by atoms with E-state index in [2.05, 4.69) is 6.58 Å². The Morgan fingerprint density at radius 1 is 1.43 bits per heavy atom. The van der Waals surface area contributed by atoms with Crippen molar-refractivity contribution >= 4 is 12.0 Å². The molecule has 0 fully saturated rings. The first-order chi connectivity index (χ1) is 6.57. The van der Waals surface area contributed by atoms with E-state index in [0.717, 1.165) is 11.1 Å². The zero-order chi connectivity index (χ0) is 10.7. The maximum Gasteiger partial charge on any atom is 0.253 e. The Labute approximate surface area is 84.9 Å². The van der Waals surface area contributed by atoms with Crippen molar-refractivity contribution in [2.24, 2.45) is 0 Å². The molecule has 0 bridgehead atoms. The first-order valence-corrected chi connectivity index (χ1v) is 4.51. The average Bonchev–Trinajstić information content (AvgIpc) is 2.16. The maximum atomic E-state index is 11.8. The van der Waals surface area contributed by atoms with Crippen LogP contribution in [0.5, 0.6) is 0 Å². The molecular formula is C12H15NO. The summed E-state index contributed by atoms with van der Waals surface area (Å²) < 4.78 is 0. The molecule has 0 aromatic heterocycles. The van der Waals surface area contributed by atoms with Crippen LogP contribution in [0.2, 0.25) is 0 Å². The fraction of sp³-hybridized carbons (Fsp3) is 0.250. The topological polar surface area (TPSA) is 20.3 Å². The summed E-state index contributed by atoms with van der Waals surface area (Å²) in [6.07, 6.45) is 1.73. The Hall–Kier alpha value is -1.57. The van der Waals surface area contributed by atoms with Crippen molar-refractivity contribution in [1.29, 1.82) is 0 Å². The third kappa shape index (κ3) is 1.84. The van der Waals surface area contributed by atoms with Crippen LogP contribution in [0.3, 0.4) is 0 Å². The van der Waals surface area contributed by atoms with E-state index in [1.165, 1.54) is 0 Å². The van der Waals surface area contributed by atoms with E-state index in [0.29, 0.717) is 5.56 Å². The smallest absolute Gasteiger partial charge is 0.253 e. The van der Waals surface area contributed by atoms with Gasteiger partial charge in [-0.1, -0.05) is 24.8 Å². The van der Waals surface area contributed by atoms with Gasteiger partial charge in [-0.25, -0.2) is 0 Å². The van der Waals surface area contributed by atoms with Crippen molar-refractivity contribution in [3.8, 4) is 0 Å². The van der Waals surface area contributed by atoms with Gasteiger partial charge >= 0.3 is 0 Å². The number of hydrogen-bond acceptors (Lipinski definition) is 1. The SMILES string of the molecule is C=Cc1c(C)cccc1C(=O)N(C)C. The Bertz CT molecular complexity index is 367. The summed E-state index contributed by atoms with van der Waals surface area (Å²) in [5.41, 5.74) is 2.71. The molecule has 1 aromatic rings. The first kappa shape index (κ1) is 10.5. The largest absolute Gasteiger partial charge is 0.345 e. The lowest BCUT2D eigenvalue weighted by Crippen LogP contribution is -2.22. The number of carbonyl (C=O) groups excluding carboxylic acids is 1. The fourth-order valence-electron chi connectivity index (χ4n) is 1.38. The molecule has 74 valence electrons. The van der Waals surface area contributed by atoms with E-state index in [4.69, 9.17) is 0 Å². The molecule has 2 heteroatoms. The second-order valence-electron chi connectivity index (χ2n) is 3.44. The Kier molecular flexibility index (Phi) is 3.07. The Morgan fingerprint density at radius 2 is 2.07 bits per heavy atom. The molecule has 0 radical (unpaired) electrons. The molecule has 0 N–H and O–H groups in total. The fourth-order valence-corrected chi connectivity index (χ4v) is 1.38. The molecule has 0 spiro atoms. The molecule has 0 saturated carbocycles.